The number of nitrogens with one attached hydrogen (secondary N) is 2. The zero-order valence-electron chi connectivity index (χ0n) is 9.63. The third-order valence-electron chi connectivity index (χ3n) is 2.16. The zero-order valence-corrected chi connectivity index (χ0v) is 10.4. The van der Waals surface area contributed by atoms with E-state index in [1.54, 1.807) is 0 Å². The summed E-state index contributed by atoms with van der Waals surface area (Å²) in [5.74, 6) is -0.142. The molecule has 3 amide bonds. The fourth-order valence-corrected chi connectivity index (χ4v) is 1.21. The number of imide groups is 1. The van der Waals surface area contributed by atoms with Crippen molar-refractivity contribution in [2.24, 2.45) is 5.92 Å². The predicted octanol–water partition coefficient (Wildman–Crippen LogP) is 1.87. The molecular formula is C10H19ClN2O2. The highest BCUT2D eigenvalue weighted by Gasteiger charge is 2.17. The van der Waals surface area contributed by atoms with E-state index in [0.717, 1.165) is 6.42 Å². The Labute approximate surface area is 95.7 Å². The van der Waals surface area contributed by atoms with Crippen molar-refractivity contribution in [3.05, 3.63) is 0 Å². The number of amides is 3. The molecule has 0 aliphatic heterocycles. The highest BCUT2D eigenvalue weighted by molar-refractivity contribution is 6.31. The molecule has 4 nitrogen and oxygen atoms in total. The Bertz CT molecular complexity index is 229. The van der Waals surface area contributed by atoms with Crippen LogP contribution in [0.15, 0.2) is 0 Å². The van der Waals surface area contributed by atoms with E-state index in [1.807, 2.05) is 20.8 Å². The molecular weight excluding hydrogens is 216 g/mol. The maximum absolute atomic E-state index is 11.3. The largest absolute Gasteiger partial charge is 0.335 e. The standard InChI is InChI=1S/C10H19ClN2O2/c1-5-8(6(2)3)12-10(15)13-9(14)7(4)11/h6-8H,5H2,1-4H3,(H2,12,13,14,15). The quantitative estimate of drug-likeness (QED) is 0.730. The van der Waals surface area contributed by atoms with E-state index < -0.39 is 17.3 Å². The van der Waals surface area contributed by atoms with Gasteiger partial charge in [-0.25, -0.2) is 4.79 Å². The molecule has 0 aliphatic rings. The first-order valence-electron chi connectivity index (χ1n) is 5.13. The van der Waals surface area contributed by atoms with Crippen LogP contribution < -0.4 is 10.6 Å². The number of carbonyl (C=O) groups is 2. The average molecular weight is 235 g/mol. The molecule has 0 bridgehead atoms. The molecule has 0 aromatic heterocycles. The van der Waals surface area contributed by atoms with E-state index in [9.17, 15) is 9.59 Å². The van der Waals surface area contributed by atoms with Gasteiger partial charge in [-0.3, -0.25) is 10.1 Å². The van der Waals surface area contributed by atoms with Crippen LogP contribution in [0.4, 0.5) is 4.79 Å². The average Bonchev–Trinajstić information content (AvgIpc) is 2.13. The summed E-state index contributed by atoms with van der Waals surface area (Å²) < 4.78 is 0. The Morgan fingerprint density at radius 3 is 2.13 bits per heavy atom. The maximum Gasteiger partial charge on any atom is 0.321 e. The molecule has 0 rings (SSSR count). The summed E-state index contributed by atoms with van der Waals surface area (Å²) in [4.78, 5) is 22.4. The van der Waals surface area contributed by atoms with Gasteiger partial charge in [-0.2, -0.15) is 0 Å². The lowest BCUT2D eigenvalue weighted by atomic mass is 10.0. The summed E-state index contributed by atoms with van der Waals surface area (Å²) in [6, 6.07) is -0.406. The smallest absolute Gasteiger partial charge is 0.321 e. The molecule has 0 saturated carbocycles. The molecule has 0 aromatic carbocycles. The van der Waals surface area contributed by atoms with Gasteiger partial charge in [0.1, 0.15) is 5.38 Å². The summed E-state index contributed by atoms with van der Waals surface area (Å²) in [7, 11) is 0. The van der Waals surface area contributed by atoms with Crippen LogP contribution in [0.5, 0.6) is 0 Å². The maximum atomic E-state index is 11.3. The van der Waals surface area contributed by atoms with Gasteiger partial charge in [0.25, 0.3) is 0 Å². The number of rotatable bonds is 4. The molecule has 2 N–H and O–H groups in total. The molecule has 0 aliphatic carbocycles. The van der Waals surface area contributed by atoms with Crippen LogP contribution in [0.3, 0.4) is 0 Å². The van der Waals surface area contributed by atoms with Crippen molar-refractivity contribution in [1.82, 2.24) is 10.6 Å². The second-order valence-corrected chi connectivity index (χ2v) is 4.49. The Kier molecular flexibility index (Phi) is 6.32. The molecule has 0 saturated heterocycles. The van der Waals surface area contributed by atoms with E-state index in [1.165, 1.54) is 6.92 Å². The summed E-state index contributed by atoms with van der Waals surface area (Å²) in [6.45, 7) is 7.53. The van der Waals surface area contributed by atoms with Crippen LogP contribution in [-0.4, -0.2) is 23.4 Å². The van der Waals surface area contributed by atoms with Crippen molar-refractivity contribution in [1.29, 1.82) is 0 Å². The van der Waals surface area contributed by atoms with Gasteiger partial charge in [0, 0.05) is 6.04 Å². The summed E-state index contributed by atoms with van der Waals surface area (Å²) >= 11 is 5.51. The zero-order chi connectivity index (χ0) is 12.0. The van der Waals surface area contributed by atoms with Crippen LogP contribution in [0.2, 0.25) is 0 Å². The SMILES string of the molecule is CCC(NC(=O)NC(=O)C(C)Cl)C(C)C. The topological polar surface area (TPSA) is 58.2 Å². The number of hydrogen-bond acceptors (Lipinski definition) is 2. The summed E-state index contributed by atoms with van der Waals surface area (Å²) in [5, 5.41) is 4.20. The number of alkyl halides is 1. The van der Waals surface area contributed by atoms with Gasteiger partial charge < -0.3 is 5.32 Å². The van der Waals surface area contributed by atoms with Gasteiger partial charge in [0.05, 0.1) is 0 Å². The third kappa shape index (κ3) is 5.62. The highest BCUT2D eigenvalue weighted by Crippen LogP contribution is 2.04. The van der Waals surface area contributed by atoms with Crippen LogP contribution in [-0.2, 0) is 4.79 Å². The van der Waals surface area contributed by atoms with Crippen LogP contribution in [0, 0.1) is 5.92 Å². The molecule has 0 spiro atoms. The lowest BCUT2D eigenvalue weighted by Crippen LogP contribution is -2.47. The van der Waals surface area contributed by atoms with Crippen molar-refractivity contribution in [2.75, 3.05) is 0 Å². The van der Waals surface area contributed by atoms with E-state index in [4.69, 9.17) is 11.6 Å². The minimum Gasteiger partial charge on any atom is -0.335 e. The third-order valence-corrected chi connectivity index (χ3v) is 2.36. The first-order chi connectivity index (χ1) is 6.88. The molecule has 2 atom stereocenters. The van der Waals surface area contributed by atoms with Crippen LogP contribution >= 0.6 is 11.6 Å². The minimum absolute atomic E-state index is 0.0726. The van der Waals surface area contributed by atoms with E-state index in [-0.39, 0.29) is 6.04 Å². The number of carbonyl (C=O) groups excluding carboxylic acids is 2. The van der Waals surface area contributed by atoms with Crippen molar-refractivity contribution in [2.45, 2.75) is 45.5 Å². The normalized spacial score (nSPS) is 14.5. The second-order valence-electron chi connectivity index (χ2n) is 3.84. The molecule has 0 radical (unpaired) electrons. The van der Waals surface area contributed by atoms with Gasteiger partial charge in [-0.05, 0) is 19.3 Å². The van der Waals surface area contributed by atoms with E-state index in [0.29, 0.717) is 5.92 Å². The Morgan fingerprint density at radius 2 is 1.80 bits per heavy atom. The fraction of sp³-hybridized carbons (Fsp3) is 0.800. The molecule has 88 valence electrons. The lowest BCUT2D eigenvalue weighted by Gasteiger charge is -2.20. The fourth-order valence-electron chi connectivity index (χ4n) is 1.16. The molecule has 0 heterocycles. The van der Waals surface area contributed by atoms with Crippen LogP contribution in [0.25, 0.3) is 0 Å². The van der Waals surface area contributed by atoms with Gasteiger partial charge in [0.15, 0.2) is 0 Å². The van der Waals surface area contributed by atoms with E-state index >= 15 is 0 Å². The Balaban J connectivity index is 4.07. The molecule has 5 heteroatoms. The predicted molar refractivity (Wildman–Crippen MR) is 60.9 cm³/mol. The molecule has 15 heavy (non-hydrogen) atoms. The lowest BCUT2D eigenvalue weighted by molar-refractivity contribution is -0.119. The van der Waals surface area contributed by atoms with Gasteiger partial charge in [0.2, 0.25) is 5.91 Å². The van der Waals surface area contributed by atoms with Gasteiger partial charge >= 0.3 is 6.03 Å². The molecule has 0 fully saturated rings. The minimum atomic E-state index is -0.699. The monoisotopic (exact) mass is 234 g/mol. The van der Waals surface area contributed by atoms with Crippen molar-refractivity contribution < 1.29 is 9.59 Å². The van der Waals surface area contributed by atoms with Crippen LogP contribution in [0.1, 0.15) is 34.1 Å². The summed E-state index contributed by atoms with van der Waals surface area (Å²) in [6.07, 6.45) is 0.829. The number of halogens is 1. The van der Waals surface area contributed by atoms with E-state index in [2.05, 4.69) is 10.6 Å². The summed E-state index contributed by atoms with van der Waals surface area (Å²) in [5.41, 5.74) is 0. The highest BCUT2D eigenvalue weighted by atomic mass is 35.5. The first kappa shape index (κ1) is 14.2. The molecule has 0 aromatic rings. The van der Waals surface area contributed by atoms with Gasteiger partial charge in [-0.1, -0.05) is 20.8 Å². The Hall–Kier alpha value is -0.770. The van der Waals surface area contributed by atoms with Crippen molar-refractivity contribution >= 4 is 23.5 Å². The van der Waals surface area contributed by atoms with Crippen molar-refractivity contribution in [3.63, 3.8) is 0 Å². The second kappa shape index (κ2) is 6.67. The Morgan fingerprint density at radius 1 is 1.27 bits per heavy atom. The molecule has 2 unspecified atom stereocenters. The number of hydrogen-bond donors (Lipinski definition) is 2. The van der Waals surface area contributed by atoms with Gasteiger partial charge in [-0.15, -0.1) is 11.6 Å². The number of urea groups is 1. The first-order valence-corrected chi connectivity index (χ1v) is 5.57. The van der Waals surface area contributed by atoms with Crippen molar-refractivity contribution in [3.8, 4) is 0 Å².